The van der Waals surface area contributed by atoms with Crippen LogP contribution < -0.4 is 20.4 Å². The fraction of sp³-hybridized carbons (Fsp3) is 0.333. The number of aromatic nitrogens is 12. The number of aromatic amines is 4. The van der Waals surface area contributed by atoms with Crippen LogP contribution in [0.25, 0.3) is 89.5 Å². The number of halogens is 4. The van der Waals surface area contributed by atoms with Crippen molar-refractivity contribution >= 4 is 63.9 Å². The molecular formula is C84H105Cl4N21O2. The van der Waals surface area contributed by atoms with Crippen molar-refractivity contribution in [2.75, 3.05) is 166 Å². The van der Waals surface area contributed by atoms with Gasteiger partial charge in [-0.3, -0.25) is 59.9 Å². The molecule has 0 saturated carbocycles. The smallest absolute Gasteiger partial charge is 0.159 e. The molecule has 12 aromatic rings. The SMILES string of the molecule is C.C.C.C.CN1CCN(Cc2[nH]nc(-c3ccc(Cl)cc3)c2-c2ccncc2)CC1.NCCN1CCN(c2n[nH]c(-c3ccc(Cl)cc3)c2-c2ccncc2)CC1.OCCN1CCN(c2n[nH]c(-c3ccc(Cl)cc3)c2-c2ccncc2)CC1.OCCN1CCN(c2n[nH]c(-c3ccc(Cl)cc3)c2-c2ccncc2)CC1. The molecule has 0 bridgehead atoms. The number of nitrogens with zero attached hydrogens (tertiary/aromatic N) is 16. The number of pyridine rings is 4. The maximum atomic E-state index is 9.16. The summed E-state index contributed by atoms with van der Waals surface area (Å²) in [4.78, 5) is 35.4. The highest BCUT2D eigenvalue weighted by Crippen LogP contribution is 2.42. The van der Waals surface area contributed by atoms with Crippen molar-refractivity contribution < 1.29 is 10.2 Å². The van der Waals surface area contributed by atoms with E-state index in [0.717, 1.165) is 254 Å². The zero-order valence-electron chi connectivity index (χ0n) is 59.9. The Morgan fingerprint density at radius 1 is 0.324 bits per heavy atom. The van der Waals surface area contributed by atoms with E-state index in [2.05, 4.69) is 102 Å². The molecule has 27 heteroatoms. The average Bonchev–Trinajstić information content (AvgIpc) is 1.70. The number of hydrogen-bond donors (Lipinski definition) is 7. The molecule has 0 amide bonds. The fourth-order valence-corrected chi connectivity index (χ4v) is 14.4. The maximum absolute atomic E-state index is 9.16. The van der Waals surface area contributed by atoms with Crippen LogP contribution >= 0.6 is 46.4 Å². The van der Waals surface area contributed by atoms with Gasteiger partial charge in [-0.15, -0.1) is 0 Å². The summed E-state index contributed by atoms with van der Waals surface area (Å²) in [7, 11) is 2.18. The molecule has 4 fully saturated rings. The lowest BCUT2D eigenvalue weighted by Crippen LogP contribution is -2.48. The van der Waals surface area contributed by atoms with Crippen molar-refractivity contribution in [3.63, 3.8) is 0 Å². The topological polar surface area (TPSA) is 259 Å². The number of H-pyrrole nitrogens is 4. The lowest BCUT2D eigenvalue weighted by atomic mass is 9.99. The Morgan fingerprint density at radius 3 is 0.901 bits per heavy atom. The summed E-state index contributed by atoms with van der Waals surface area (Å²) in [5, 5.41) is 52.9. The molecule has 4 aromatic carbocycles. The number of nitrogens with one attached hydrogen (secondary N) is 4. The molecule has 4 saturated heterocycles. The van der Waals surface area contributed by atoms with Crippen molar-refractivity contribution in [2.45, 2.75) is 36.3 Å². The third kappa shape index (κ3) is 21.8. The van der Waals surface area contributed by atoms with Crippen molar-refractivity contribution in [2.24, 2.45) is 5.73 Å². The van der Waals surface area contributed by atoms with Gasteiger partial charge in [0, 0.05) is 235 Å². The Balaban J connectivity index is 0.000000168. The Labute approximate surface area is 673 Å². The lowest BCUT2D eigenvalue weighted by molar-refractivity contribution is 0.147. The number of aliphatic hydroxyl groups excluding tert-OH is 2. The van der Waals surface area contributed by atoms with Gasteiger partial charge in [0.1, 0.15) is 5.69 Å². The lowest BCUT2D eigenvalue weighted by Gasteiger charge is -2.35. The van der Waals surface area contributed by atoms with E-state index in [1.165, 1.54) is 0 Å². The molecule has 8 N–H and O–H groups in total. The molecule has 0 unspecified atom stereocenters. The zero-order chi connectivity index (χ0) is 73.9. The molecule has 23 nitrogen and oxygen atoms in total. The monoisotopic (exact) mass is 1580 g/mol. The molecule has 0 aliphatic carbocycles. The maximum Gasteiger partial charge on any atom is 0.159 e. The summed E-state index contributed by atoms with van der Waals surface area (Å²) in [6.07, 6.45) is 14.5. The second-order valence-electron chi connectivity index (χ2n) is 26.6. The fourth-order valence-electron chi connectivity index (χ4n) is 13.9. The van der Waals surface area contributed by atoms with Crippen LogP contribution in [0.2, 0.25) is 20.1 Å². The van der Waals surface area contributed by atoms with Gasteiger partial charge in [0.05, 0.1) is 52.7 Å². The molecule has 111 heavy (non-hydrogen) atoms. The molecule has 0 spiro atoms. The number of benzene rings is 4. The van der Waals surface area contributed by atoms with Gasteiger partial charge in [0.25, 0.3) is 0 Å². The Hall–Kier alpha value is -9.44. The minimum atomic E-state index is 0. The Morgan fingerprint density at radius 2 is 0.604 bits per heavy atom. The highest BCUT2D eigenvalue weighted by atomic mass is 35.5. The van der Waals surface area contributed by atoms with Crippen LogP contribution in [0.1, 0.15) is 35.4 Å². The number of anilines is 3. The summed E-state index contributed by atoms with van der Waals surface area (Å²) >= 11 is 24.2. The van der Waals surface area contributed by atoms with E-state index in [-0.39, 0.29) is 42.9 Å². The third-order valence-corrected chi connectivity index (χ3v) is 20.8. The summed E-state index contributed by atoms with van der Waals surface area (Å²) in [6, 6.07) is 47.4. The minimum absolute atomic E-state index is 0. The van der Waals surface area contributed by atoms with Crippen molar-refractivity contribution in [3.05, 3.63) is 221 Å². The number of hydrogen-bond acceptors (Lipinski definition) is 19. The molecule has 8 aromatic heterocycles. The number of aliphatic hydroxyl groups is 2. The number of likely N-dealkylation sites (N-methyl/N-ethyl adjacent to an activating group) is 1. The number of piperazine rings is 4. The molecule has 4 aliphatic rings. The highest BCUT2D eigenvalue weighted by molar-refractivity contribution is 6.31. The van der Waals surface area contributed by atoms with Crippen molar-refractivity contribution in [1.29, 1.82) is 0 Å². The second-order valence-corrected chi connectivity index (χ2v) is 28.3. The quantitative estimate of drug-likeness (QED) is 0.0397. The van der Waals surface area contributed by atoms with Gasteiger partial charge in [0.15, 0.2) is 17.5 Å². The summed E-state index contributed by atoms with van der Waals surface area (Å²) in [6.45, 7) is 19.7. The first kappa shape index (κ1) is 85.6. The van der Waals surface area contributed by atoms with Gasteiger partial charge in [-0.25, -0.2) is 0 Å². The molecule has 0 atom stereocenters. The third-order valence-electron chi connectivity index (χ3n) is 19.7. The standard InChI is InChI=1S/C20H23ClN6.2C20H22ClN5O.C20H22ClN5.4CH4/c21-17-3-1-16(2-4-17)19-18(15-5-8-23-9-6-15)20(25-24-19)27-13-11-26(10-7-22)12-14-27;2*21-17-3-1-16(2-4-17)19-18(15-5-7-22-8-6-15)20(24-23-19)26-11-9-25(10-12-26)13-14-27;1-25-10-12-26(13-11-25)14-18-19(15-6-8-22-9-7-15)20(24-23-18)16-2-4-17(21)5-3-16;;;;/h1-6,8-9H,7,10-14,22H2,(H,24,25);2*1-8,27H,9-14H2,(H,23,24);2-9H,10-14H2,1H3,(H,23,24);4*1H4. The highest BCUT2D eigenvalue weighted by Gasteiger charge is 2.29. The van der Waals surface area contributed by atoms with E-state index >= 15 is 0 Å². The number of β-amino-alcohol motifs (C(OH)–C–C–N with tert-alkyl or cyclic N) is 2. The number of nitrogens with two attached hydrogens (primary N) is 1. The van der Waals surface area contributed by atoms with Crippen LogP contribution in [0.4, 0.5) is 17.5 Å². The van der Waals surface area contributed by atoms with Gasteiger partial charge >= 0.3 is 0 Å². The predicted molar refractivity (Wildman–Crippen MR) is 458 cm³/mol. The molecule has 0 radical (unpaired) electrons. The molecule has 12 heterocycles. The van der Waals surface area contributed by atoms with E-state index in [1.807, 2.05) is 170 Å². The van der Waals surface area contributed by atoms with E-state index < -0.39 is 0 Å². The first-order chi connectivity index (χ1) is 52.5. The minimum Gasteiger partial charge on any atom is -0.395 e. The zero-order valence-corrected chi connectivity index (χ0v) is 62.9. The first-order valence-electron chi connectivity index (χ1n) is 36.2. The van der Waals surface area contributed by atoms with Gasteiger partial charge < -0.3 is 35.5 Å². The van der Waals surface area contributed by atoms with Crippen LogP contribution in [0.5, 0.6) is 0 Å². The summed E-state index contributed by atoms with van der Waals surface area (Å²) < 4.78 is 0. The van der Waals surface area contributed by atoms with Crippen LogP contribution in [0.15, 0.2) is 195 Å². The van der Waals surface area contributed by atoms with Crippen LogP contribution in [-0.4, -0.2) is 247 Å². The normalized spacial score (nSPS) is 14.9. The largest absolute Gasteiger partial charge is 0.395 e. The molecule has 586 valence electrons. The molecular weight excluding hydrogens is 1480 g/mol. The van der Waals surface area contributed by atoms with Crippen molar-refractivity contribution in [1.82, 2.24) is 85.2 Å². The van der Waals surface area contributed by atoms with Gasteiger partial charge in [-0.1, -0.05) is 125 Å². The van der Waals surface area contributed by atoms with E-state index in [9.17, 15) is 0 Å². The summed E-state index contributed by atoms with van der Waals surface area (Å²) in [5.41, 5.74) is 23.8. The van der Waals surface area contributed by atoms with E-state index in [1.54, 1.807) is 24.8 Å². The number of rotatable bonds is 19. The van der Waals surface area contributed by atoms with Crippen LogP contribution in [0.3, 0.4) is 0 Å². The van der Waals surface area contributed by atoms with Crippen LogP contribution in [-0.2, 0) is 6.54 Å². The Kier molecular flexibility index (Phi) is 32.6. The second kappa shape index (κ2) is 42.3. The Bertz CT molecular complexity index is 4310. The van der Waals surface area contributed by atoms with Gasteiger partial charge in [-0.05, 0) is 126 Å². The van der Waals surface area contributed by atoms with E-state index in [0.29, 0.717) is 16.6 Å². The molecule has 4 aliphatic heterocycles. The average molecular weight is 1580 g/mol. The van der Waals surface area contributed by atoms with Gasteiger partial charge in [0.2, 0.25) is 0 Å². The summed E-state index contributed by atoms with van der Waals surface area (Å²) in [5.74, 6) is 2.89. The van der Waals surface area contributed by atoms with E-state index in [4.69, 9.17) is 67.4 Å². The predicted octanol–water partition coefficient (Wildman–Crippen LogP) is 14.8. The first-order valence-corrected chi connectivity index (χ1v) is 37.7. The van der Waals surface area contributed by atoms with Crippen molar-refractivity contribution in [3.8, 4) is 89.5 Å². The molecule has 16 rings (SSSR count). The van der Waals surface area contributed by atoms with Crippen LogP contribution in [0, 0.1) is 0 Å². The van der Waals surface area contributed by atoms with Gasteiger partial charge in [-0.2, -0.15) is 20.4 Å².